The molecule has 3 N–H and O–H groups in total. The number of aromatic amines is 1. The number of phenols is 1. The van der Waals surface area contributed by atoms with Crippen molar-refractivity contribution in [3.8, 4) is 11.5 Å². The van der Waals surface area contributed by atoms with Crippen LogP contribution in [0.4, 0.5) is 0 Å². The third kappa shape index (κ3) is 3.85. The van der Waals surface area contributed by atoms with E-state index in [1.807, 2.05) is 6.92 Å². The second-order valence-corrected chi connectivity index (χ2v) is 5.33. The van der Waals surface area contributed by atoms with Crippen LogP contribution in [0.5, 0.6) is 11.5 Å². The zero-order valence-electron chi connectivity index (χ0n) is 12.1. The largest absolute Gasteiger partial charge is 0.504 e. The van der Waals surface area contributed by atoms with Gasteiger partial charge in [0.25, 0.3) is 5.91 Å². The van der Waals surface area contributed by atoms with E-state index in [9.17, 15) is 9.90 Å². The molecule has 1 aromatic heterocycles. The van der Waals surface area contributed by atoms with Gasteiger partial charge in [0.15, 0.2) is 17.2 Å². The highest BCUT2D eigenvalue weighted by Gasteiger charge is 2.10. The van der Waals surface area contributed by atoms with E-state index >= 15 is 0 Å². The zero-order chi connectivity index (χ0) is 16.1. The summed E-state index contributed by atoms with van der Waals surface area (Å²) in [5.74, 6) is -0.147. The van der Waals surface area contributed by atoms with Gasteiger partial charge in [0.05, 0.1) is 12.8 Å². The molecule has 1 heterocycles. The van der Waals surface area contributed by atoms with Crippen molar-refractivity contribution in [1.29, 1.82) is 0 Å². The maximum Gasteiger partial charge on any atom is 0.291 e. The first kappa shape index (κ1) is 16.0. The molecular formula is C14H15BrN4O3. The molecule has 1 aromatic carbocycles. The summed E-state index contributed by atoms with van der Waals surface area (Å²) in [6, 6.07) is 4.92. The molecule has 1 amide bonds. The van der Waals surface area contributed by atoms with Crippen molar-refractivity contribution in [3.05, 3.63) is 39.6 Å². The fraction of sp³-hybridized carbons (Fsp3) is 0.214. The number of phenolic OH excluding ortho intramolecular Hbond substituents is 1. The Bertz CT molecular complexity index is 712. The Morgan fingerprint density at radius 2 is 2.32 bits per heavy atom. The Balaban J connectivity index is 2.11. The quantitative estimate of drug-likeness (QED) is 0.558. The van der Waals surface area contributed by atoms with Crippen LogP contribution in [0.3, 0.4) is 0 Å². The number of nitrogens with zero attached hydrogens (tertiary/aromatic N) is 2. The average molecular weight is 367 g/mol. The molecule has 0 fully saturated rings. The predicted octanol–water partition coefficient (Wildman–Crippen LogP) is 2.35. The number of carbonyl (C=O) groups excluding carboxylic acids is 1. The van der Waals surface area contributed by atoms with Crippen LogP contribution >= 0.6 is 15.9 Å². The van der Waals surface area contributed by atoms with E-state index in [2.05, 4.69) is 36.7 Å². The molecule has 0 atom stereocenters. The highest BCUT2D eigenvalue weighted by atomic mass is 79.9. The molecule has 0 unspecified atom stereocenters. The van der Waals surface area contributed by atoms with Crippen molar-refractivity contribution in [2.75, 3.05) is 6.61 Å². The average Bonchev–Trinajstić information content (AvgIpc) is 2.90. The molecule has 2 rings (SSSR count). The van der Waals surface area contributed by atoms with Crippen LogP contribution in [-0.2, 0) is 0 Å². The van der Waals surface area contributed by atoms with Crippen molar-refractivity contribution in [2.24, 2.45) is 5.10 Å². The summed E-state index contributed by atoms with van der Waals surface area (Å²) >= 11 is 3.32. The summed E-state index contributed by atoms with van der Waals surface area (Å²) in [5, 5.41) is 20.4. The summed E-state index contributed by atoms with van der Waals surface area (Å²) in [4.78, 5) is 11.8. The van der Waals surface area contributed by atoms with Gasteiger partial charge in [0, 0.05) is 15.7 Å². The minimum Gasteiger partial charge on any atom is -0.504 e. The van der Waals surface area contributed by atoms with Gasteiger partial charge >= 0.3 is 0 Å². The van der Waals surface area contributed by atoms with E-state index in [1.54, 1.807) is 25.1 Å². The Labute approximate surface area is 135 Å². The summed E-state index contributed by atoms with van der Waals surface area (Å²) in [6.45, 7) is 4.04. The van der Waals surface area contributed by atoms with Gasteiger partial charge < -0.3 is 9.84 Å². The fourth-order valence-electron chi connectivity index (χ4n) is 1.71. The zero-order valence-corrected chi connectivity index (χ0v) is 13.6. The third-order valence-electron chi connectivity index (χ3n) is 2.68. The molecule has 7 nitrogen and oxygen atoms in total. The van der Waals surface area contributed by atoms with E-state index in [0.29, 0.717) is 17.9 Å². The topological polar surface area (TPSA) is 99.6 Å². The van der Waals surface area contributed by atoms with Gasteiger partial charge in [-0.25, -0.2) is 5.43 Å². The molecule has 0 radical (unpaired) electrons. The number of amides is 1. The van der Waals surface area contributed by atoms with Gasteiger partial charge in [-0.05, 0) is 32.0 Å². The second-order valence-electron chi connectivity index (χ2n) is 4.41. The van der Waals surface area contributed by atoms with E-state index in [0.717, 1.165) is 10.2 Å². The molecule has 0 aliphatic heterocycles. The number of benzene rings is 1. The smallest absolute Gasteiger partial charge is 0.291 e. The van der Waals surface area contributed by atoms with Crippen LogP contribution in [0.25, 0.3) is 0 Å². The van der Waals surface area contributed by atoms with E-state index < -0.39 is 5.91 Å². The summed E-state index contributed by atoms with van der Waals surface area (Å²) in [7, 11) is 0. The monoisotopic (exact) mass is 366 g/mol. The lowest BCUT2D eigenvalue weighted by Gasteiger charge is -2.08. The first-order valence-electron chi connectivity index (χ1n) is 6.52. The van der Waals surface area contributed by atoms with E-state index in [4.69, 9.17) is 4.74 Å². The maximum atomic E-state index is 11.8. The fourth-order valence-corrected chi connectivity index (χ4v) is 2.16. The SMILES string of the molecule is CCOc1cc(Br)cc(C=NNC(=O)c2cc(C)[nH]n2)c1O. The normalized spacial score (nSPS) is 10.9. The lowest BCUT2D eigenvalue weighted by molar-refractivity contribution is 0.0950. The minimum atomic E-state index is -0.444. The first-order chi connectivity index (χ1) is 10.5. The number of ether oxygens (including phenoxy) is 1. The first-order valence-corrected chi connectivity index (χ1v) is 7.31. The van der Waals surface area contributed by atoms with Crippen LogP contribution in [0, 0.1) is 6.92 Å². The van der Waals surface area contributed by atoms with Crippen molar-refractivity contribution in [1.82, 2.24) is 15.6 Å². The van der Waals surface area contributed by atoms with Crippen LogP contribution in [0.1, 0.15) is 28.7 Å². The molecular weight excluding hydrogens is 352 g/mol. The molecule has 0 spiro atoms. The molecule has 0 aliphatic carbocycles. The lowest BCUT2D eigenvalue weighted by Crippen LogP contribution is -2.18. The maximum absolute atomic E-state index is 11.8. The number of nitrogens with one attached hydrogen (secondary N) is 2. The minimum absolute atomic E-state index is 0.0429. The van der Waals surface area contributed by atoms with E-state index in [-0.39, 0.29) is 11.4 Å². The number of halogens is 1. The lowest BCUT2D eigenvalue weighted by atomic mass is 10.2. The van der Waals surface area contributed by atoms with Gasteiger partial charge in [-0.1, -0.05) is 15.9 Å². The van der Waals surface area contributed by atoms with Crippen molar-refractivity contribution >= 4 is 28.1 Å². The van der Waals surface area contributed by atoms with Gasteiger partial charge in [0.1, 0.15) is 0 Å². The third-order valence-corrected chi connectivity index (χ3v) is 3.14. The van der Waals surface area contributed by atoms with E-state index in [1.165, 1.54) is 6.21 Å². The number of hydrogen-bond acceptors (Lipinski definition) is 5. The Morgan fingerprint density at radius 1 is 1.55 bits per heavy atom. The molecule has 8 heteroatoms. The molecule has 0 bridgehead atoms. The second kappa shape index (κ2) is 7.08. The Hall–Kier alpha value is -2.35. The number of hydrogen-bond donors (Lipinski definition) is 3. The van der Waals surface area contributed by atoms with Gasteiger partial charge in [-0.2, -0.15) is 10.2 Å². The van der Waals surface area contributed by atoms with Gasteiger partial charge in [0.2, 0.25) is 0 Å². The molecule has 116 valence electrons. The van der Waals surface area contributed by atoms with Gasteiger partial charge in [-0.15, -0.1) is 0 Å². The number of H-pyrrole nitrogens is 1. The number of carbonyl (C=O) groups is 1. The van der Waals surface area contributed by atoms with Crippen molar-refractivity contribution < 1.29 is 14.6 Å². The summed E-state index contributed by atoms with van der Waals surface area (Å²) in [6.07, 6.45) is 1.33. The van der Waals surface area contributed by atoms with Crippen LogP contribution in [0.2, 0.25) is 0 Å². The Kier molecular flexibility index (Phi) is 5.16. The molecule has 0 aliphatic rings. The van der Waals surface area contributed by atoms with Crippen LogP contribution < -0.4 is 10.2 Å². The predicted molar refractivity (Wildman–Crippen MR) is 85.4 cm³/mol. The van der Waals surface area contributed by atoms with Crippen molar-refractivity contribution in [2.45, 2.75) is 13.8 Å². The number of hydrazone groups is 1. The highest BCUT2D eigenvalue weighted by Crippen LogP contribution is 2.32. The number of rotatable bonds is 5. The standard InChI is InChI=1S/C14H15BrN4O3/c1-3-22-12-6-10(15)5-9(13(12)20)7-16-19-14(21)11-4-8(2)17-18-11/h4-7,20H,3H2,1-2H3,(H,17,18)(H,19,21). The molecule has 0 saturated heterocycles. The Morgan fingerprint density at radius 3 is 2.95 bits per heavy atom. The summed E-state index contributed by atoms with van der Waals surface area (Å²) < 4.78 is 6.04. The molecule has 22 heavy (non-hydrogen) atoms. The van der Waals surface area contributed by atoms with Gasteiger partial charge in [-0.3, -0.25) is 9.89 Å². The molecule has 2 aromatic rings. The number of aromatic nitrogens is 2. The number of aryl methyl sites for hydroxylation is 1. The van der Waals surface area contributed by atoms with Crippen molar-refractivity contribution in [3.63, 3.8) is 0 Å². The highest BCUT2D eigenvalue weighted by molar-refractivity contribution is 9.10. The summed E-state index contributed by atoms with van der Waals surface area (Å²) in [5.41, 5.74) is 3.77. The van der Waals surface area contributed by atoms with Crippen LogP contribution in [0.15, 0.2) is 27.8 Å². The van der Waals surface area contributed by atoms with Crippen LogP contribution in [-0.4, -0.2) is 34.0 Å². The molecule has 0 saturated carbocycles. The number of aromatic hydroxyl groups is 1.